The minimum absolute atomic E-state index is 0.527. The Hall–Kier alpha value is -1.55. The van der Waals surface area contributed by atoms with Crippen LogP contribution in [0.15, 0.2) is 29.3 Å². The lowest BCUT2D eigenvalue weighted by Gasteiger charge is -2.22. The molecule has 4 heteroatoms. The first-order valence-corrected chi connectivity index (χ1v) is 7.35. The molecular weight excluding hydrogens is 248 g/mol. The molecule has 0 spiro atoms. The summed E-state index contributed by atoms with van der Waals surface area (Å²) in [4.78, 5) is 6.73. The van der Waals surface area contributed by atoms with E-state index >= 15 is 0 Å². The summed E-state index contributed by atoms with van der Waals surface area (Å²) in [5.41, 5.74) is 8.39. The molecule has 1 aromatic carbocycles. The van der Waals surface area contributed by atoms with Crippen molar-refractivity contribution in [1.29, 1.82) is 0 Å². The summed E-state index contributed by atoms with van der Waals surface area (Å²) in [7, 11) is 2.14. The number of nitrogens with two attached hydrogens (primary N) is 1. The van der Waals surface area contributed by atoms with Crippen LogP contribution in [0, 0.1) is 0 Å². The zero-order valence-corrected chi connectivity index (χ0v) is 13.2. The van der Waals surface area contributed by atoms with E-state index in [2.05, 4.69) is 67.3 Å². The fraction of sp³-hybridized carbons (Fsp3) is 0.562. The van der Waals surface area contributed by atoms with Crippen LogP contribution in [0.2, 0.25) is 0 Å². The van der Waals surface area contributed by atoms with Crippen molar-refractivity contribution in [3.05, 3.63) is 35.4 Å². The van der Waals surface area contributed by atoms with Gasteiger partial charge in [0, 0.05) is 19.1 Å². The molecule has 0 aliphatic carbocycles. The highest BCUT2D eigenvalue weighted by Gasteiger charge is 2.07. The van der Waals surface area contributed by atoms with Crippen LogP contribution < -0.4 is 11.1 Å². The lowest BCUT2D eigenvalue weighted by atomic mass is 10.1. The Morgan fingerprint density at radius 1 is 1.30 bits per heavy atom. The first-order valence-electron chi connectivity index (χ1n) is 7.35. The molecule has 0 radical (unpaired) electrons. The number of guanidine groups is 1. The average Bonchev–Trinajstić information content (AvgIpc) is 2.44. The van der Waals surface area contributed by atoms with E-state index in [1.807, 2.05) is 0 Å². The van der Waals surface area contributed by atoms with Crippen molar-refractivity contribution in [2.45, 2.75) is 46.3 Å². The molecule has 0 saturated heterocycles. The molecule has 0 aliphatic rings. The van der Waals surface area contributed by atoms with Crippen molar-refractivity contribution >= 4 is 5.96 Å². The lowest BCUT2D eigenvalue weighted by Crippen LogP contribution is -2.32. The molecule has 1 rings (SSSR count). The van der Waals surface area contributed by atoms with Crippen LogP contribution in [0.4, 0.5) is 0 Å². The van der Waals surface area contributed by atoms with E-state index in [1.54, 1.807) is 0 Å². The smallest absolute Gasteiger partial charge is 0.188 e. The van der Waals surface area contributed by atoms with Gasteiger partial charge in [-0.3, -0.25) is 4.90 Å². The highest BCUT2D eigenvalue weighted by Crippen LogP contribution is 2.13. The molecule has 4 nitrogen and oxygen atoms in total. The Bertz CT molecular complexity index is 426. The van der Waals surface area contributed by atoms with Gasteiger partial charge in [0.05, 0.1) is 6.54 Å². The Kier molecular flexibility index (Phi) is 7.09. The van der Waals surface area contributed by atoms with E-state index in [0.717, 1.165) is 19.5 Å². The van der Waals surface area contributed by atoms with Crippen LogP contribution in [-0.4, -0.2) is 30.5 Å². The highest BCUT2D eigenvalue weighted by molar-refractivity contribution is 5.77. The normalized spacial score (nSPS) is 12.2. The van der Waals surface area contributed by atoms with Gasteiger partial charge in [-0.15, -0.1) is 0 Å². The predicted octanol–water partition coefficient (Wildman–Crippen LogP) is 2.34. The Balaban J connectivity index is 2.70. The topological polar surface area (TPSA) is 53.6 Å². The van der Waals surface area contributed by atoms with Crippen molar-refractivity contribution in [3.63, 3.8) is 0 Å². The van der Waals surface area contributed by atoms with Gasteiger partial charge in [-0.2, -0.15) is 0 Å². The largest absolute Gasteiger partial charge is 0.370 e. The second-order valence-corrected chi connectivity index (χ2v) is 5.41. The standard InChI is InChI=1S/C16H28N4/c1-5-10-18-16(17)19-11-14-8-6-7-9-15(14)12-20(4)13(2)3/h6-9,13H,5,10-12H2,1-4H3,(H3,17,18,19). The van der Waals surface area contributed by atoms with Gasteiger partial charge in [-0.05, 0) is 38.4 Å². The van der Waals surface area contributed by atoms with Gasteiger partial charge in [0.1, 0.15) is 0 Å². The molecule has 0 bridgehead atoms. The maximum Gasteiger partial charge on any atom is 0.188 e. The number of hydrogen-bond acceptors (Lipinski definition) is 2. The third-order valence-electron chi connectivity index (χ3n) is 3.40. The number of nitrogens with zero attached hydrogens (tertiary/aromatic N) is 2. The van der Waals surface area contributed by atoms with Crippen LogP contribution in [0.1, 0.15) is 38.3 Å². The number of benzene rings is 1. The van der Waals surface area contributed by atoms with E-state index in [9.17, 15) is 0 Å². The lowest BCUT2D eigenvalue weighted by molar-refractivity contribution is 0.265. The van der Waals surface area contributed by atoms with Crippen LogP contribution in [-0.2, 0) is 13.1 Å². The van der Waals surface area contributed by atoms with E-state index in [0.29, 0.717) is 18.5 Å². The van der Waals surface area contributed by atoms with E-state index in [1.165, 1.54) is 11.1 Å². The number of hydrogen-bond donors (Lipinski definition) is 2. The fourth-order valence-electron chi connectivity index (χ4n) is 1.80. The third kappa shape index (κ3) is 5.61. The molecule has 0 aliphatic heterocycles. The number of aliphatic imine (C=N–C) groups is 1. The third-order valence-corrected chi connectivity index (χ3v) is 3.40. The van der Waals surface area contributed by atoms with Crippen LogP contribution in [0.3, 0.4) is 0 Å². The zero-order valence-electron chi connectivity index (χ0n) is 13.2. The zero-order chi connectivity index (χ0) is 15.0. The quantitative estimate of drug-likeness (QED) is 0.594. The fourth-order valence-corrected chi connectivity index (χ4v) is 1.80. The number of rotatable bonds is 7. The van der Waals surface area contributed by atoms with Crippen LogP contribution in [0.25, 0.3) is 0 Å². The van der Waals surface area contributed by atoms with Crippen molar-refractivity contribution in [2.75, 3.05) is 13.6 Å². The molecule has 3 N–H and O–H groups in total. The summed E-state index contributed by atoms with van der Waals surface area (Å²) < 4.78 is 0. The molecule has 0 saturated carbocycles. The maximum absolute atomic E-state index is 5.84. The molecule has 112 valence electrons. The second kappa shape index (κ2) is 8.59. The van der Waals surface area contributed by atoms with E-state index < -0.39 is 0 Å². The molecule has 20 heavy (non-hydrogen) atoms. The molecule has 0 aromatic heterocycles. The van der Waals surface area contributed by atoms with Crippen molar-refractivity contribution in [2.24, 2.45) is 10.7 Å². The van der Waals surface area contributed by atoms with Crippen LogP contribution in [0.5, 0.6) is 0 Å². The van der Waals surface area contributed by atoms with E-state index in [-0.39, 0.29) is 0 Å². The molecule has 0 atom stereocenters. The van der Waals surface area contributed by atoms with Gasteiger partial charge in [0.15, 0.2) is 5.96 Å². The van der Waals surface area contributed by atoms with Crippen molar-refractivity contribution in [1.82, 2.24) is 10.2 Å². The van der Waals surface area contributed by atoms with Gasteiger partial charge >= 0.3 is 0 Å². The number of nitrogens with one attached hydrogen (secondary N) is 1. The van der Waals surface area contributed by atoms with Crippen molar-refractivity contribution < 1.29 is 0 Å². The first-order chi connectivity index (χ1) is 9.54. The van der Waals surface area contributed by atoms with E-state index in [4.69, 9.17) is 5.73 Å². The Morgan fingerprint density at radius 2 is 1.95 bits per heavy atom. The van der Waals surface area contributed by atoms with Gasteiger partial charge < -0.3 is 11.1 Å². The monoisotopic (exact) mass is 276 g/mol. The summed E-state index contributed by atoms with van der Waals surface area (Å²) in [5, 5.41) is 3.10. The second-order valence-electron chi connectivity index (χ2n) is 5.41. The van der Waals surface area contributed by atoms with Gasteiger partial charge in [0.25, 0.3) is 0 Å². The summed E-state index contributed by atoms with van der Waals surface area (Å²) in [6.07, 6.45) is 1.05. The van der Waals surface area contributed by atoms with Gasteiger partial charge in [-0.25, -0.2) is 4.99 Å². The molecule has 0 heterocycles. The molecule has 0 unspecified atom stereocenters. The summed E-state index contributed by atoms with van der Waals surface area (Å²) in [6, 6.07) is 8.96. The van der Waals surface area contributed by atoms with Crippen molar-refractivity contribution in [3.8, 4) is 0 Å². The molecule has 0 amide bonds. The maximum atomic E-state index is 5.84. The molecular formula is C16H28N4. The average molecular weight is 276 g/mol. The van der Waals surface area contributed by atoms with Gasteiger partial charge in [0.2, 0.25) is 0 Å². The predicted molar refractivity (Wildman–Crippen MR) is 86.7 cm³/mol. The van der Waals surface area contributed by atoms with Gasteiger partial charge in [-0.1, -0.05) is 31.2 Å². The highest BCUT2D eigenvalue weighted by atomic mass is 15.1. The summed E-state index contributed by atoms with van der Waals surface area (Å²) in [5.74, 6) is 0.527. The minimum atomic E-state index is 0.527. The molecule has 0 fully saturated rings. The summed E-state index contributed by atoms with van der Waals surface area (Å²) in [6.45, 7) is 8.95. The first kappa shape index (κ1) is 16.5. The Labute approximate surface area is 123 Å². The SMILES string of the molecule is CCCNC(N)=NCc1ccccc1CN(C)C(C)C. The summed E-state index contributed by atoms with van der Waals surface area (Å²) >= 11 is 0. The minimum Gasteiger partial charge on any atom is -0.370 e. The molecule has 1 aromatic rings. The van der Waals surface area contributed by atoms with Crippen LogP contribution >= 0.6 is 0 Å². The Morgan fingerprint density at radius 3 is 2.55 bits per heavy atom.